The van der Waals surface area contributed by atoms with Gasteiger partial charge in [-0.1, -0.05) is 31.9 Å². The number of urea groups is 1. The van der Waals surface area contributed by atoms with E-state index in [-0.39, 0.29) is 17.5 Å². The first kappa shape index (κ1) is 18.0. The number of hydrogen-bond acceptors (Lipinski definition) is 2. The van der Waals surface area contributed by atoms with Crippen LogP contribution in [0, 0.1) is 0 Å². The fourth-order valence-electron chi connectivity index (χ4n) is 1.94. The van der Waals surface area contributed by atoms with Crippen LogP contribution in [0.5, 0.6) is 0 Å². The number of unbranched alkanes of at least 4 members (excludes halogenated alkanes) is 2. The lowest BCUT2D eigenvalue weighted by Gasteiger charge is -2.21. The summed E-state index contributed by atoms with van der Waals surface area (Å²) in [7, 11) is 0. The molecule has 0 spiro atoms. The highest BCUT2D eigenvalue weighted by Gasteiger charge is 2.18. The standard InChI is InChI=1S/C17H27N3O2/c1-5-6-9-12-18-16(22)19-14-11-8-7-10-13(14)15(21)20-17(2,3)4/h7-8,10-11H,5-6,9,12H2,1-4H3,(H,20,21)(H2,18,19,22). The molecule has 0 radical (unpaired) electrons. The van der Waals surface area contributed by atoms with Crippen molar-refractivity contribution >= 4 is 17.6 Å². The molecule has 5 nitrogen and oxygen atoms in total. The Kier molecular flexibility index (Phi) is 6.89. The topological polar surface area (TPSA) is 70.2 Å². The molecule has 3 amide bonds. The van der Waals surface area contributed by atoms with Gasteiger partial charge in [0.05, 0.1) is 11.3 Å². The Balaban J connectivity index is 2.67. The van der Waals surface area contributed by atoms with Crippen LogP contribution in [0.15, 0.2) is 24.3 Å². The van der Waals surface area contributed by atoms with Gasteiger partial charge in [0, 0.05) is 12.1 Å². The van der Waals surface area contributed by atoms with Gasteiger partial charge in [0.15, 0.2) is 0 Å². The third-order valence-electron chi connectivity index (χ3n) is 2.97. The highest BCUT2D eigenvalue weighted by Crippen LogP contribution is 2.16. The van der Waals surface area contributed by atoms with Crippen molar-refractivity contribution in [2.24, 2.45) is 0 Å². The van der Waals surface area contributed by atoms with Gasteiger partial charge in [-0.15, -0.1) is 0 Å². The van der Waals surface area contributed by atoms with Gasteiger partial charge >= 0.3 is 6.03 Å². The van der Waals surface area contributed by atoms with E-state index in [1.54, 1.807) is 24.3 Å². The van der Waals surface area contributed by atoms with Crippen LogP contribution in [0.4, 0.5) is 10.5 Å². The zero-order chi connectivity index (χ0) is 16.6. The predicted octanol–water partition coefficient (Wildman–Crippen LogP) is 3.53. The first-order valence-corrected chi connectivity index (χ1v) is 7.80. The summed E-state index contributed by atoms with van der Waals surface area (Å²) in [4.78, 5) is 24.2. The molecular formula is C17H27N3O2. The van der Waals surface area contributed by atoms with E-state index >= 15 is 0 Å². The highest BCUT2D eigenvalue weighted by molar-refractivity contribution is 6.03. The zero-order valence-corrected chi connectivity index (χ0v) is 14.0. The van der Waals surface area contributed by atoms with Gasteiger partial charge in [-0.2, -0.15) is 0 Å². The van der Waals surface area contributed by atoms with Gasteiger partial charge in [-0.3, -0.25) is 4.79 Å². The van der Waals surface area contributed by atoms with Crippen LogP contribution < -0.4 is 16.0 Å². The van der Waals surface area contributed by atoms with Crippen molar-refractivity contribution in [3.63, 3.8) is 0 Å². The van der Waals surface area contributed by atoms with Crippen molar-refractivity contribution in [3.8, 4) is 0 Å². The van der Waals surface area contributed by atoms with Crippen LogP contribution in [0.2, 0.25) is 0 Å². The Morgan fingerprint density at radius 1 is 1.09 bits per heavy atom. The average Bonchev–Trinajstić information content (AvgIpc) is 2.42. The quantitative estimate of drug-likeness (QED) is 0.704. The molecule has 1 aromatic carbocycles. The minimum absolute atomic E-state index is 0.200. The van der Waals surface area contributed by atoms with Crippen molar-refractivity contribution in [1.82, 2.24) is 10.6 Å². The molecular weight excluding hydrogens is 278 g/mol. The summed E-state index contributed by atoms with van der Waals surface area (Å²) in [5, 5.41) is 8.44. The summed E-state index contributed by atoms with van der Waals surface area (Å²) in [6.45, 7) is 8.50. The Morgan fingerprint density at radius 2 is 1.77 bits per heavy atom. The van der Waals surface area contributed by atoms with Crippen LogP contribution in [0.25, 0.3) is 0 Å². The van der Waals surface area contributed by atoms with Gasteiger partial charge in [0.25, 0.3) is 5.91 Å². The number of rotatable bonds is 6. The monoisotopic (exact) mass is 305 g/mol. The van der Waals surface area contributed by atoms with E-state index in [9.17, 15) is 9.59 Å². The SMILES string of the molecule is CCCCCNC(=O)Nc1ccccc1C(=O)NC(C)(C)C. The Morgan fingerprint density at radius 3 is 2.41 bits per heavy atom. The second-order valence-corrected chi connectivity index (χ2v) is 6.34. The lowest BCUT2D eigenvalue weighted by Crippen LogP contribution is -2.41. The molecule has 0 heterocycles. The summed E-state index contributed by atoms with van der Waals surface area (Å²) < 4.78 is 0. The summed E-state index contributed by atoms with van der Waals surface area (Å²) in [6, 6.07) is 6.71. The molecule has 0 bridgehead atoms. The number of para-hydroxylation sites is 1. The fraction of sp³-hybridized carbons (Fsp3) is 0.529. The largest absolute Gasteiger partial charge is 0.347 e. The minimum atomic E-state index is -0.327. The third-order valence-corrected chi connectivity index (χ3v) is 2.97. The molecule has 0 atom stereocenters. The molecule has 122 valence electrons. The number of amides is 3. The number of nitrogens with one attached hydrogen (secondary N) is 3. The maximum Gasteiger partial charge on any atom is 0.319 e. The maximum atomic E-state index is 12.3. The van der Waals surface area contributed by atoms with Gasteiger partial charge < -0.3 is 16.0 Å². The van der Waals surface area contributed by atoms with Gasteiger partial charge in [0.2, 0.25) is 0 Å². The summed E-state index contributed by atoms with van der Waals surface area (Å²) >= 11 is 0. The van der Waals surface area contributed by atoms with Gasteiger partial charge in [0.1, 0.15) is 0 Å². The van der Waals surface area contributed by atoms with Crippen LogP contribution >= 0.6 is 0 Å². The molecule has 5 heteroatoms. The molecule has 0 saturated carbocycles. The minimum Gasteiger partial charge on any atom is -0.347 e. The number of anilines is 1. The van der Waals surface area contributed by atoms with Crippen molar-refractivity contribution < 1.29 is 9.59 Å². The first-order valence-electron chi connectivity index (χ1n) is 7.80. The summed E-state index contributed by atoms with van der Waals surface area (Å²) in [6.07, 6.45) is 3.15. The molecule has 0 unspecified atom stereocenters. The molecule has 0 aromatic heterocycles. The second-order valence-electron chi connectivity index (χ2n) is 6.34. The van der Waals surface area contributed by atoms with Crippen molar-refractivity contribution in [3.05, 3.63) is 29.8 Å². The van der Waals surface area contributed by atoms with Crippen molar-refractivity contribution in [2.75, 3.05) is 11.9 Å². The molecule has 0 aliphatic carbocycles. The maximum absolute atomic E-state index is 12.3. The van der Waals surface area contributed by atoms with E-state index in [4.69, 9.17) is 0 Å². The van der Waals surface area contributed by atoms with E-state index in [2.05, 4.69) is 22.9 Å². The van der Waals surface area contributed by atoms with Crippen molar-refractivity contribution in [2.45, 2.75) is 52.5 Å². The predicted molar refractivity (Wildman–Crippen MR) is 90.2 cm³/mol. The van der Waals surface area contributed by atoms with E-state index in [0.717, 1.165) is 19.3 Å². The molecule has 3 N–H and O–H groups in total. The first-order chi connectivity index (χ1) is 10.3. The molecule has 0 saturated heterocycles. The Hall–Kier alpha value is -2.04. The van der Waals surface area contributed by atoms with E-state index in [1.807, 2.05) is 20.8 Å². The van der Waals surface area contributed by atoms with Crippen molar-refractivity contribution in [1.29, 1.82) is 0 Å². The molecule has 1 aromatic rings. The fourth-order valence-corrected chi connectivity index (χ4v) is 1.94. The number of benzene rings is 1. The Bertz CT molecular complexity index is 507. The van der Waals surface area contributed by atoms with Gasteiger partial charge in [-0.05, 0) is 39.3 Å². The van der Waals surface area contributed by atoms with E-state index < -0.39 is 0 Å². The molecule has 0 aliphatic heterocycles. The summed E-state index contributed by atoms with van der Waals surface area (Å²) in [5.74, 6) is -0.200. The molecule has 1 rings (SSSR count). The lowest BCUT2D eigenvalue weighted by atomic mass is 10.1. The van der Waals surface area contributed by atoms with Crippen LogP contribution in [-0.2, 0) is 0 Å². The number of carbonyl (C=O) groups excluding carboxylic acids is 2. The van der Waals surface area contributed by atoms with E-state index in [1.165, 1.54) is 0 Å². The lowest BCUT2D eigenvalue weighted by molar-refractivity contribution is 0.0920. The number of carbonyl (C=O) groups is 2. The molecule has 22 heavy (non-hydrogen) atoms. The summed E-state index contributed by atoms with van der Waals surface area (Å²) in [5.41, 5.74) is 0.644. The molecule has 0 aliphatic rings. The number of hydrogen-bond donors (Lipinski definition) is 3. The molecule has 0 fully saturated rings. The zero-order valence-electron chi connectivity index (χ0n) is 14.0. The third kappa shape index (κ3) is 6.61. The average molecular weight is 305 g/mol. The highest BCUT2D eigenvalue weighted by atomic mass is 16.2. The van der Waals surface area contributed by atoms with Crippen LogP contribution in [0.1, 0.15) is 57.3 Å². The second kappa shape index (κ2) is 8.41. The normalized spacial score (nSPS) is 10.9. The Labute approximate surface area is 132 Å². The van der Waals surface area contributed by atoms with Gasteiger partial charge in [-0.25, -0.2) is 4.79 Å². The van der Waals surface area contributed by atoms with E-state index in [0.29, 0.717) is 17.8 Å². The van der Waals surface area contributed by atoms with Crippen LogP contribution in [0.3, 0.4) is 0 Å². The smallest absolute Gasteiger partial charge is 0.319 e. The van der Waals surface area contributed by atoms with Crippen LogP contribution in [-0.4, -0.2) is 24.0 Å².